The van der Waals surface area contributed by atoms with Gasteiger partial charge in [0.05, 0.1) is 16.6 Å². The van der Waals surface area contributed by atoms with Gasteiger partial charge in [0.25, 0.3) is 0 Å². The minimum atomic E-state index is 0.515. The van der Waals surface area contributed by atoms with E-state index >= 15 is 0 Å². The van der Waals surface area contributed by atoms with Gasteiger partial charge in [-0.25, -0.2) is 4.98 Å². The fourth-order valence-corrected chi connectivity index (χ4v) is 2.34. The van der Waals surface area contributed by atoms with E-state index in [1.807, 2.05) is 5.38 Å². The van der Waals surface area contributed by atoms with Crippen molar-refractivity contribution in [2.75, 3.05) is 13.2 Å². The van der Waals surface area contributed by atoms with E-state index in [9.17, 15) is 0 Å². The predicted octanol–water partition coefficient (Wildman–Crippen LogP) is 3.88. The van der Waals surface area contributed by atoms with Gasteiger partial charge in [-0.3, -0.25) is 0 Å². The van der Waals surface area contributed by atoms with Gasteiger partial charge < -0.3 is 4.74 Å². The SMILES string of the molecule is CC(C)CCOCCCc1nc(CCl)cs1. The number of hydrogen-bond acceptors (Lipinski definition) is 3. The number of rotatable bonds is 8. The standard InChI is InChI=1S/C12H20ClNOS/c1-10(2)5-7-15-6-3-4-12-14-11(8-13)9-16-12/h9-10H,3-8H2,1-2H3. The lowest BCUT2D eigenvalue weighted by molar-refractivity contribution is 0.121. The first kappa shape index (κ1) is 13.9. The Labute approximate surface area is 107 Å². The van der Waals surface area contributed by atoms with E-state index in [4.69, 9.17) is 16.3 Å². The molecule has 0 bridgehead atoms. The van der Waals surface area contributed by atoms with Crippen molar-refractivity contribution >= 4 is 22.9 Å². The highest BCUT2D eigenvalue weighted by Crippen LogP contribution is 2.13. The Morgan fingerprint density at radius 2 is 2.25 bits per heavy atom. The first-order chi connectivity index (χ1) is 7.72. The van der Waals surface area contributed by atoms with Crippen LogP contribution in [0.5, 0.6) is 0 Å². The molecule has 0 aliphatic carbocycles. The third-order valence-corrected chi connectivity index (χ3v) is 3.49. The molecule has 1 aromatic heterocycles. The van der Waals surface area contributed by atoms with E-state index < -0.39 is 0 Å². The lowest BCUT2D eigenvalue weighted by Gasteiger charge is -2.05. The molecule has 0 saturated carbocycles. The summed E-state index contributed by atoms with van der Waals surface area (Å²) in [5.41, 5.74) is 0.988. The summed E-state index contributed by atoms with van der Waals surface area (Å²) in [5.74, 6) is 1.24. The molecule has 1 rings (SSSR count). The molecule has 0 fully saturated rings. The van der Waals surface area contributed by atoms with E-state index in [0.717, 1.165) is 44.1 Å². The van der Waals surface area contributed by atoms with Gasteiger partial charge in [0.2, 0.25) is 0 Å². The van der Waals surface area contributed by atoms with Crippen LogP contribution >= 0.6 is 22.9 Å². The molecule has 0 unspecified atom stereocenters. The van der Waals surface area contributed by atoms with Crippen LogP contribution < -0.4 is 0 Å². The molecular formula is C12H20ClNOS. The topological polar surface area (TPSA) is 22.1 Å². The fourth-order valence-electron chi connectivity index (χ4n) is 1.27. The lowest BCUT2D eigenvalue weighted by atomic mass is 10.1. The van der Waals surface area contributed by atoms with Crippen LogP contribution in [0.2, 0.25) is 0 Å². The van der Waals surface area contributed by atoms with Crippen LogP contribution in [0.15, 0.2) is 5.38 Å². The molecule has 16 heavy (non-hydrogen) atoms. The Morgan fingerprint density at radius 1 is 1.44 bits per heavy atom. The fraction of sp³-hybridized carbons (Fsp3) is 0.750. The van der Waals surface area contributed by atoms with Crippen LogP contribution in [-0.2, 0) is 17.0 Å². The molecule has 0 aliphatic heterocycles. The van der Waals surface area contributed by atoms with Crippen molar-refractivity contribution in [2.45, 2.75) is 39.0 Å². The minimum Gasteiger partial charge on any atom is -0.381 e. The normalized spacial score (nSPS) is 11.2. The summed E-state index contributed by atoms with van der Waals surface area (Å²) >= 11 is 7.38. The first-order valence-electron chi connectivity index (χ1n) is 5.79. The Kier molecular flexibility index (Phi) is 7.01. The summed E-state index contributed by atoms with van der Waals surface area (Å²) in [6.07, 6.45) is 3.20. The number of ether oxygens (including phenoxy) is 1. The van der Waals surface area contributed by atoms with Crippen LogP contribution in [0, 0.1) is 5.92 Å². The number of thiazole rings is 1. The van der Waals surface area contributed by atoms with Crippen molar-refractivity contribution in [1.29, 1.82) is 0 Å². The van der Waals surface area contributed by atoms with Crippen LogP contribution in [0.4, 0.5) is 0 Å². The van der Waals surface area contributed by atoms with Gasteiger partial charge in [-0.2, -0.15) is 0 Å². The largest absolute Gasteiger partial charge is 0.381 e. The summed E-state index contributed by atoms with van der Waals surface area (Å²) < 4.78 is 5.55. The van der Waals surface area contributed by atoms with Crippen LogP contribution in [-0.4, -0.2) is 18.2 Å². The number of aromatic nitrogens is 1. The summed E-state index contributed by atoms with van der Waals surface area (Å²) in [5, 5.41) is 3.20. The van der Waals surface area contributed by atoms with Crippen molar-refractivity contribution < 1.29 is 4.74 Å². The third kappa shape index (κ3) is 5.83. The van der Waals surface area contributed by atoms with Crippen molar-refractivity contribution in [1.82, 2.24) is 4.98 Å². The Hall–Kier alpha value is -0.120. The van der Waals surface area contributed by atoms with Gasteiger partial charge in [-0.1, -0.05) is 13.8 Å². The monoisotopic (exact) mass is 261 g/mol. The second kappa shape index (κ2) is 8.04. The van der Waals surface area contributed by atoms with E-state index in [0.29, 0.717) is 5.88 Å². The zero-order valence-electron chi connectivity index (χ0n) is 10.0. The molecule has 2 nitrogen and oxygen atoms in total. The summed E-state index contributed by atoms with van der Waals surface area (Å²) in [7, 11) is 0. The summed E-state index contributed by atoms with van der Waals surface area (Å²) in [4.78, 5) is 4.41. The highest BCUT2D eigenvalue weighted by molar-refractivity contribution is 7.09. The van der Waals surface area contributed by atoms with Crippen molar-refractivity contribution in [3.8, 4) is 0 Å². The molecular weight excluding hydrogens is 242 g/mol. The van der Waals surface area contributed by atoms with E-state index in [1.54, 1.807) is 11.3 Å². The van der Waals surface area contributed by atoms with E-state index in [-0.39, 0.29) is 0 Å². The summed E-state index contributed by atoms with van der Waals surface area (Å²) in [6, 6.07) is 0. The Balaban J connectivity index is 2.02. The van der Waals surface area contributed by atoms with Crippen LogP contribution in [0.25, 0.3) is 0 Å². The average Bonchev–Trinajstić information content (AvgIpc) is 2.70. The third-order valence-electron chi connectivity index (χ3n) is 2.26. The van der Waals surface area contributed by atoms with Gasteiger partial charge in [-0.15, -0.1) is 22.9 Å². The zero-order chi connectivity index (χ0) is 11.8. The lowest BCUT2D eigenvalue weighted by Crippen LogP contribution is -2.01. The van der Waals surface area contributed by atoms with Gasteiger partial charge in [0.1, 0.15) is 0 Å². The molecule has 0 N–H and O–H groups in total. The van der Waals surface area contributed by atoms with E-state index in [2.05, 4.69) is 18.8 Å². The van der Waals surface area contributed by atoms with Gasteiger partial charge in [0, 0.05) is 25.0 Å². The maximum Gasteiger partial charge on any atom is 0.0929 e. The number of alkyl halides is 1. The molecule has 0 spiro atoms. The Bertz CT molecular complexity index is 288. The summed E-state index contributed by atoms with van der Waals surface area (Å²) in [6.45, 7) is 6.14. The van der Waals surface area contributed by atoms with Crippen molar-refractivity contribution in [2.24, 2.45) is 5.92 Å². The smallest absolute Gasteiger partial charge is 0.0929 e. The first-order valence-corrected chi connectivity index (χ1v) is 7.20. The van der Waals surface area contributed by atoms with Gasteiger partial charge >= 0.3 is 0 Å². The maximum absolute atomic E-state index is 5.69. The Morgan fingerprint density at radius 3 is 2.88 bits per heavy atom. The quantitative estimate of drug-likeness (QED) is 0.523. The molecule has 0 radical (unpaired) electrons. The zero-order valence-corrected chi connectivity index (χ0v) is 11.6. The molecule has 0 saturated heterocycles. The average molecular weight is 262 g/mol. The number of aryl methyl sites for hydroxylation is 1. The number of halogens is 1. The molecule has 92 valence electrons. The number of nitrogens with zero attached hydrogens (tertiary/aromatic N) is 1. The second-order valence-corrected chi connectivity index (χ2v) is 5.47. The van der Waals surface area contributed by atoms with Crippen molar-refractivity contribution in [3.63, 3.8) is 0 Å². The van der Waals surface area contributed by atoms with Crippen LogP contribution in [0.3, 0.4) is 0 Å². The highest BCUT2D eigenvalue weighted by atomic mass is 35.5. The van der Waals surface area contributed by atoms with Gasteiger partial charge in [-0.05, 0) is 18.8 Å². The maximum atomic E-state index is 5.69. The molecule has 0 atom stereocenters. The van der Waals surface area contributed by atoms with Crippen LogP contribution in [0.1, 0.15) is 37.4 Å². The minimum absolute atomic E-state index is 0.515. The molecule has 1 aromatic rings. The molecule has 0 amide bonds. The predicted molar refractivity (Wildman–Crippen MR) is 70.3 cm³/mol. The second-order valence-electron chi connectivity index (χ2n) is 4.26. The van der Waals surface area contributed by atoms with Gasteiger partial charge in [0.15, 0.2) is 0 Å². The highest BCUT2D eigenvalue weighted by Gasteiger charge is 2.01. The molecule has 1 heterocycles. The van der Waals surface area contributed by atoms with Crippen molar-refractivity contribution in [3.05, 3.63) is 16.1 Å². The van der Waals surface area contributed by atoms with E-state index in [1.165, 1.54) is 5.01 Å². The molecule has 0 aromatic carbocycles. The molecule has 4 heteroatoms. The molecule has 0 aliphatic rings. The number of hydrogen-bond donors (Lipinski definition) is 0.